The summed E-state index contributed by atoms with van der Waals surface area (Å²) in [5.41, 5.74) is 13.4. The van der Waals surface area contributed by atoms with Crippen molar-refractivity contribution >= 4 is 40.1 Å². The van der Waals surface area contributed by atoms with E-state index in [2.05, 4.69) is 32.7 Å². The van der Waals surface area contributed by atoms with Crippen molar-refractivity contribution in [1.29, 1.82) is 0 Å². The fraction of sp³-hybridized carbons (Fsp3) is 0.333. The molecule has 6 nitrogen and oxygen atoms in total. The van der Waals surface area contributed by atoms with Gasteiger partial charge in [0.2, 0.25) is 0 Å². The molecular weight excluding hydrogens is 410 g/mol. The maximum absolute atomic E-state index is 12.8. The first-order chi connectivity index (χ1) is 16.0. The van der Waals surface area contributed by atoms with E-state index in [4.69, 9.17) is 5.73 Å². The van der Waals surface area contributed by atoms with Crippen molar-refractivity contribution in [3.05, 3.63) is 65.5 Å². The summed E-state index contributed by atoms with van der Waals surface area (Å²) >= 11 is 0. The monoisotopic (exact) mass is 441 g/mol. The molecule has 0 atom stereocenters. The summed E-state index contributed by atoms with van der Waals surface area (Å²) in [4.78, 5) is 20.5. The zero-order chi connectivity index (χ0) is 23.0. The number of anilines is 2. The largest absolute Gasteiger partial charge is 0.404 e. The fourth-order valence-electron chi connectivity index (χ4n) is 4.95. The molecule has 1 saturated carbocycles. The van der Waals surface area contributed by atoms with Gasteiger partial charge in [0.1, 0.15) is 0 Å². The summed E-state index contributed by atoms with van der Waals surface area (Å²) < 4.78 is 0. The maximum atomic E-state index is 12.8. The lowest BCUT2D eigenvalue weighted by Gasteiger charge is -2.25. The smallest absolute Gasteiger partial charge is 0.323 e. The highest BCUT2D eigenvalue weighted by Crippen LogP contribution is 2.55. The molecule has 1 aromatic heterocycles. The van der Waals surface area contributed by atoms with Crippen molar-refractivity contribution in [2.75, 3.05) is 10.6 Å². The zero-order valence-electron chi connectivity index (χ0n) is 19.2. The van der Waals surface area contributed by atoms with Crippen LogP contribution in [0.4, 0.5) is 16.2 Å². The zero-order valence-corrected chi connectivity index (χ0v) is 19.2. The van der Waals surface area contributed by atoms with Crippen molar-refractivity contribution in [3.63, 3.8) is 0 Å². The van der Waals surface area contributed by atoms with Gasteiger partial charge in [-0.3, -0.25) is 4.99 Å². The number of carbonyl (C=O) groups is 1. The van der Waals surface area contributed by atoms with E-state index in [0.717, 1.165) is 39.8 Å². The number of nitrogens with two attached hydrogens (primary N) is 1. The minimum Gasteiger partial charge on any atom is -0.404 e. The molecule has 0 bridgehead atoms. The molecule has 0 saturated heterocycles. The van der Waals surface area contributed by atoms with Gasteiger partial charge in [0.25, 0.3) is 0 Å². The number of aliphatic imine (C=N–C) groups is 1. The number of nitrogens with one attached hydrogen (secondary N) is 3. The molecule has 2 amide bonds. The molecule has 1 fully saturated rings. The second-order valence-electron chi connectivity index (χ2n) is 9.54. The number of hydrogen-bond acceptors (Lipinski definition) is 3. The van der Waals surface area contributed by atoms with Crippen LogP contribution in [-0.4, -0.2) is 23.3 Å². The number of nitrogens with zero attached hydrogens (tertiary/aromatic N) is 1. The summed E-state index contributed by atoms with van der Waals surface area (Å²) in [6.07, 6.45) is 11.4. The SMILES string of the molecule is CC(C)N=C/C(=C\N)c1ccc2[nH]cc(NC(=O)Nc3ccc4c(c3)CCCC43CC3)c2c1. The van der Waals surface area contributed by atoms with E-state index >= 15 is 0 Å². The Morgan fingerprint density at radius 2 is 2.00 bits per heavy atom. The van der Waals surface area contributed by atoms with Crippen molar-refractivity contribution < 1.29 is 4.79 Å². The van der Waals surface area contributed by atoms with Gasteiger partial charge < -0.3 is 21.4 Å². The van der Waals surface area contributed by atoms with Gasteiger partial charge in [0.05, 0.1) is 5.69 Å². The van der Waals surface area contributed by atoms with Gasteiger partial charge in [-0.15, -0.1) is 0 Å². The van der Waals surface area contributed by atoms with E-state index < -0.39 is 0 Å². The van der Waals surface area contributed by atoms with E-state index in [9.17, 15) is 4.79 Å². The molecular formula is C27H31N5O. The Morgan fingerprint density at radius 1 is 1.15 bits per heavy atom. The molecule has 5 N–H and O–H groups in total. The van der Waals surface area contributed by atoms with E-state index in [1.54, 1.807) is 12.4 Å². The van der Waals surface area contributed by atoms with Gasteiger partial charge in [-0.1, -0.05) is 12.1 Å². The highest BCUT2D eigenvalue weighted by molar-refractivity contribution is 6.12. The average molecular weight is 442 g/mol. The third-order valence-corrected chi connectivity index (χ3v) is 6.84. The molecule has 0 aliphatic heterocycles. The molecule has 33 heavy (non-hydrogen) atoms. The third-order valence-electron chi connectivity index (χ3n) is 6.84. The molecule has 5 rings (SSSR count). The third kappa shape index (κ3) is 4.25. The first-order valence-corrected chi connectivity index (χ1v) is 11.8. The Labute approximate surface area is 194 Å². The Hall–Kier alpha value is -3.54. The summed E-state index contributed by atoms with van der Waals surface area (Å²) in [6, 6.07) is 12.3. The van der Waals surface area contributed by atoms with E-state index in [0.29, 0.717) is 5.41 Å². The molecule has 6 heteroatoms. The van der Waals surface area contributed by atoms with Crippen LogP contribution in [0.15, 0.2) is 53.8 Å². The van der Waals surface area contributed by atoms with Crippen molar-refractivity contribution in [2.45, 2.75) is 57.4 Å². The highest BCUT2D eigenvalue weighted by atomic mass is 16.2. The Balaban J connectivity index is 1.33. The van der Waals surface area contributed by atoms with Gasteiger partial charge >= 0.3 is 6.03 Å². The summed E-state index contributed by atoms with van der Waals surface area (Å²) in [6.45, 7) is 4.04. The number of hydrogen-bond donors (Lipinski definition) is 4. The molecule has 170 valence electrons. The number of aromatic nitrogens is 1. The van der Waals surface area contributed by atoms with Crippen LogP contribution in [0.5, 0.6) is 0 Å². The van der Waals surface area contributed by atoms with E-state index in [1.165, 1.54) is 36.8 Å². The lowest BCUT2D eigenvalue weighted by atomic mass is 9.80. The fourth-order valence-corrected chi connectivity index (χ4v) is 4.95. The predicted molar refractivity (Wildman–Crippen MR) is 137 cm³/mol. The molecule has 2 aliphatic rings. The van der Waals surface area contributed by atoms with Gasteiger partial charge in [-0.05, 0) is 92.3 Å². The number of amides is 2. The second-order valence-corrected chi connectivity index (χ2v) is 9.54. The van der Waals surface area contributed by atoms with Gasteiger partial charge in [-0.25, -0.2) is 4.79 Å². The van der Waals surface area contributed by atoms with Gasteiger partial charge in [-0.2, -0.15) is 0 Å². The van der Waals surface area contributed by atoms with Crippen LogP contribution < -0.4 is 16.4 Å². The molecule has 1 spiro atoms. The van der Waals surface area contributed by atoms with Crippen LogP contribution in [0.25, 0.3) is 16.5 Å². The van der Waals surface area contributed by atoms with Crippen LogP contribution >= 0.6 is 0 Å². The molecule has 2 aliphatic carbocycles. The number of allylic oxidation sites excluding steroid dienone is 1. The number of aryl methyl sites for hydroxylation is 1. The Bertz CT molecular complexity index is 1260. The minimum atomic E-state index is -0.255. The molecule has 1 heterocycles. The number of H-pyrrole nitrogens is 1. The Morgan fingerprint density at radius 3 is 2.76 bits per heavy atom. The Kier molecular flexibility index (Phi) is 5.44. The molecule has 0 unspecified atom stereocenters. The minimum absolute atomic E-state index is 0.190. The average Bonchev–Trinajstić information content (AvgIpc) is 3.46. The van der Waals surface area contributed by atoms with Crippen LogP contribution in [0, 0.1) is 0 Å². The number of fused-ring (bicyclic) bond motifs is 3. The summed E-state index contributed by atoms with van der Waals surface area (Å²) in [5.74, 6) is 0. The standard InChI is InChI=1S/C27H31N5O/c1-17(2)29-15-20(14-28)18-5-8-24-22(13-18)25(16-30-24)32-26(33)31-21-6-7-23-19(12-21)4-3-9-27(23)10-11-27/h5-8,12-17,30H,3-4,9-11,28H2,1-2H3,(H2,31,32,33)/b20-14+,29-15?. The van der Waals surface area contributed by atoms with Crippen molar-refractivity contribution in [3.8, 4) is 0 Å². The number of carbonyl (C=O) groups excluding carboxylic acids is 1. The van der Waals surface area contributed by atoms with Crippen molar-refractivity contribution in [1.82, 2.24) is 4.98 Å². The van der Waals surface area contributed by atoms with Gasteiger partial charge in [0, 0.05) is 46.8 Å². The number of benzene rings is 2. The van der Waals surface area contributed by atoms with Crippen LogP contribution in [0.2, 0.25) is 0 Å². The predicted octanol–water partition coefficient (Wildman–Crippen LogP) is 5.96. The first-order valence-electron chi connectivity index (χ1n) is 11.8. The van der Waals surface area contributed by atoms with Crippen LogP contribution in [-0.2, 0) is 11.8 Å². The normalized spacial score (nSPS) is 17.0. The van der Waals surface area contributed by atoms with E-state index in [1.807, 2.05) is 44.3 Å². The molecule has 0 radical (unpaired) electrons. The lowest BCUT2D eigenvalue weighted by molar-refractivity contribution is 0.262. The van der Waals surface area contributed by atoms with Crippen LogP contribution in [0.1, 0.15) is 56.2 Å². The number of rotatable bonds is 5. The van der Waals surface area contributed by atoms with Crippen LogP contribution in [0.3, 0.4) is 0 Å². The number of aromatic amines is 1. The number of urea groups is 1. The van der Waals surface area contributed by atoms with Gasteiger partial charge in [0.15, 0.2) is 0 Å². The topological polar surface area (TPSA) is 95.3 Å². The quantitative estimate of drug-likeness (QED) is 0.368. The summed E-state index contributed by atoms with van der Waals surface area (Å²) in [5, 5.41) is 6.92. The first kappa shape index (κ1) is 21.3. The molecule has 2 aromatic carbocycles. The summed E-state index contributed by atoms with van der Waals surface area (Å²) in [7, 11) is 0. The van der Waals surface area contributed by atoms with Crippen molar-refractivity contribution in [2.24, 2.45) is 10.7 Å². The van der Waals surface area contributed by atoms with E-state index in [-0.39, 0.29) is 12.1 Å². The highest BCUT2D eigenvalue weighted by Gasteiger charge is 2.46. The maximum Gasteiger partial charge on any atom is 0.323 e. The second kappa shape index (κ2) is 8.43. The molecule has 3 aromatic rings. The lowest BCUT2D eigenvalue weighted by Crippen LogP contribution is -2.20.